The van der Waals surface area contributed by atoms with E-state index in [4.69, 9.17) is 4.52 Å². The highest BCUT2D eigenvalue weighted by Crippen LogP contribution is 2.24. The van der Waals surface area contributed by atoms with E-state index in [0.29, 0.717) is 23.8 Å². The van der Waals surface area contributed by atoms with E-state index in [0.717, 1.165) is 25.2 Å². The van der Waals surface area contributed by atoms with Gasteiger partial charge in [0.1, 0.15) is 0 Å². The summed E-state index contributed by atoms with van der Waals surface area (Å²) in [7, 11) is 3.89. The fourth-order valence-corrected chi connectivity index (χ4v) is 3.37. The molecule has 2 heterocycles. The molecule has 0 spiro atoms. The molecule has 8 heteroatoms. The lowest BCUT2D eigenvalue weighted by molar-refractivity contribution is 0.0745. The van der Waals surface area contributed by atoms with Crippen LogP contribution in [0.15, 0.2) is 28.8 Å². The minimum Gasteiger partial charge on any atom is -0.341 e. The predicted octanol–water partition coefficient (Wildman–Crippen LogP) is 2.85. The van der Waals surface area contributed by atoms with Gasteiger partial charge in [-0.1, -0.05) is 32.0 Å². The SMILES string of the molecule is CN(CC(C)(C)C)C(=O)c1cccc(-c2nc(C3CNCCN3C)no2)c1.Cl. The second-order valence-electron chi connectivity index (χ2n) is 8.46. The van der Waals surface area contributed by atoms with Gasteiger partial charge < -0.3 is 14.7 Å². The molecule has 0 bridgehead atoms. The Morgan fingerprint density at radius 3 is 2.82 bits per heavy atom. The van der Waals surface area contributed by atoms with Gasteiger partial charge in [0.2, 0.25) is 0 Å². The molecule has 1 unspecified atom stereocenters. The lowest BCUT2D eigenvalue weighted by Crippen LogP contribution is -2.44. The molecular formula is C20H30ClN5O2. The van der Waals surface area contributed by atoms with Crippen LogP contribution in [0.2, 0.25) is 0 Å². The molecule has 1 amide bonds. The van der Waals surface area contributed by atoms with E-state index in [-0.39, 0.29) is 29.8 Å². The third-order valence-electron chi connectivity index (χ3n) is 4.67. The third kappa shape index (κ3) is 5.31. The van der Waals surface area contributed by atoms with Crippen LogP contribution in [-0.4, -0.2) is 66.1 Å². The first kappa shape index (κ1) is 22.3. The fourth-order valence-electron chi connectivity index (χ4n) is 3.37. The first-order chi connectivity index (χ1) is 12.7. The van der Waals surface area contributed by atoms with Crippen molar-refractivity contribution < 1.29 is 9.32 Å². The average Bonchev–Trinajstić information content (AvgIpc) is 3.10. The monoisotopic (exact) mass is 407 g/mol. The van der Waals surface area contributed by atoms with Gasteiger partial charge in [0, 0.05) is 44.4 Å². The van der Waals surface area contributed by atoms with Crippen molar-refractivity contribution in [2.45, 2.75) is 26.8 Å². The molecule has 1 aliphatic heterocycles. The largest absolute Gasteiger partial charge is 0.341 e. The van der Waals surface area contributed by atoms with Crippen molar-refractivity contribution in [2.75, 3.05) is 40.3 Å². The van der Waals surface area contributed by atoms with Gasteiger partial charge in [-0.25, -0.2) is 0 Å². The van der Waals surface area contributed by atoms with Crippen LogP contribution in [0.25, 0.3) is 11.5 Å². The third-order valence-corrected chi connectivity index (χ3v) is 4.67. The van der Waals surface area contributed by atoms with Gasteiger partial charge in [-0.15, -0.1) is 12.4 Å². The molecule has 0 saturated carbocycles. The number of carbonyl (C=O) groups is 1. The van der Waals surface area contributed by atoms with E-state index in [1.165, 1.54) is 0 Å². The van der Waals surface area contributed by atoms with E-state index >= 15 is 0 Å². The molecule has 3 rings (SSSR count). The van der Waals surface area contributed by atoms with Crippen LogP contribution in [0.5, 0.6) is 0 Å². The van der Waals surface area contributed by atoms with Gasteiger partial charge in [-0.2, -0.15) is 4.98 Å². The van der Waals surface area contributed by atoms with Gasteiger partial charge in [0.25, 0.3) is 11.8 Å². The summed E-state index contributed by atoms with van der Waals surface area (Å²) >= 11 is 0. The standard InChI is InChI=1S/C20H29N5O2.ClH/c1-20(2,3)13-25(5)19(26)15-8-6-7-14(11-15)18-22-17(23-27-18)16-12-21-9-10-24(16)4;/h6-8,11,16,21H,9-10,12-13H2,1-5H3;1H. The van der Waals surface area contributed by atoms with E-state index in [1.54, 1.807) is 4.90 Å². The Bertz CT molecular complexity index is 802. The zero-order valence-corrected chi connectivity index (χ0v) is 18.0. The predicted molar refractivity (Wildman–Crippen MR) is 112 cm³/mol. The zero-order valence-electron chi connectivity index (χ0n) is 17.2. The number of likely N-dealkylation sites (N-methyl/N-ethyl adjacent to an activating group) is 1. The first-order valence-electron chi connectivity index (χ1n) is 9.35. The number of nitrogens with one attached hydrogen (secondary N) is 1. The summed E-state index contributed by atoms with van der Waals surface area (Å²) in [6.45, 7) is 9.73. The van der Waals surface area contributed by atoms with Crippen molar-refractivity contribution in [1.29, 1.82) is 0 Å². The molecule has 7 nitrogen and oxygen atoms in total. The number of carbonyl (C=O) groups excluding carboxylic acids is 1. The highest BCUT2D eigenvalue weighted by molar-refractivity contribution is 5.95. The van der Waals surface area contributed by atoms with Crippen LogP contribution in [0.3, 0.4) is 0 Å². The highest BCUT2D eigenvalue weighted by Gasteiger charge is 2.26. The van der Waals surface area contributed by atoms with Crippen LogP contribution in [0.4, 0.5) is 0 Å². The second kappa shape index (κ2) is 9.03. The van der Waals surface area contributed by atoms with Crippen molar-refractivity contribution in [1.82, 2.24) is 25.3 Å². The molecule has 1 fully saturated rings. The lowest BCUT2D eigenvalue weighted by Gasteiger charge is -2.30. The van der Waals surface area contributed by atoms with E-state index in [2.05, 4.69) is 48.2 Å². The Morgan fingerprint density at radius 1 is 1.39 bits per heavy atom. The van der Waals surface area contributed by atoms with Crippen molar-refractivity contribution in [3.8, 4) is 11.5 Å². The number of halogens is 1. The number of rotatable bonds is 4. The van der Waals surface area contributed by atoms with Crippen LogP contribution >= 0.6 is 12.4 Å². The van der Waals surface area contributed by atoms with Gasteiger partial charge >= 0.3 is 0 Å². The van der Waals surface area contributed by atoms with Crippen LogP contribution in [-0.2, 0) is 0 Å². The second-order valence-corrected chi connectivity index (χ2v) is 8.46. The lowest BCUT2D eigenvalue weighted by atomic mass is 9.96. The number of benzene rings is 1. The molecule has 1 N–H and O–H groups in total. The number of hydrogen-bond donors (Lipinski definition) is 1. The molecule has 1 aromatic heterocycles. The van der Waals surface area contributed by atoms with Gasteiger partial charge in [0.15, 0.2) is 5.82 Å². The van der Waals surface area contributed by atoms with Gasteiger partial charge in [0.05, 0.1) is 6.04 Å². The minimum absolute atomic E-state index is 0. The first-order valence-corrected chi connectivity index (χ1v) is 9.35. The van der Waals surface area contributed by atoms with Crippen molar-refractivity contribution in [3.63, 3.8) is 0 Å². The number of hydrogen-bond acceptors (Lipinski definition) is 6. The summed E-state index contributed by atoms with van der Waals surface area (Å²) in [4.78, 5) is 21.3. The Balaban J connectivity index is 0.00000280. The maximum Gasteiger partial charge on any atom is 0.258 e. The molecule has 1 aliphatic rings. The molecule has 2 aromatic rings. The van der Waals surface area contributed by atoms with Crippen LogP contribution in [0.1, 0.15) is 43.0 Å². The van der Waals surface area contributed by atoms with E-state index < -0.39 is 0 Å². The number of nitrogens with zero attached hydrogens (tertiary/aromatic N) is 4. The quantitative estimate of drug-likeness (QED) is 0.839. The molecule has 1 saturated heterocycles. The molecule has 154 valence electrons. The number of amides is 1. The average molecular weight is 408 g/mol. The van der Waals surface area contributed by atoms with Crippen molar-refractivity contribution in [2.24, 2.45) is 5.41 Å². The molecule has 1 atom stereocenters. The summed E-state index contributed by atoms with van der Waals surface area (Å²) in [6.07, 6.45) is 0. The maximum absolute atomic E-state index is 12.7. The maximum atomic E-state index is 12.7. The van der Waals surface area contributed by atoms with Crippen LogP contribution < -0.4 is 5.32 Å². The van der Waals surface area contributed by atoms with E-state index in [1.807, 2.05) is 31.3 Å². The highest BCUT2D eigenvalue weighted by atomic mass is 35.5. The molecule has 0 aliphatic carbocycles. The van der Waals surface area contributed by atoms with E-state index in [9.17, 15) is 4.79 Å². The molecule has 28 heavy (non-hydrogen) atoms. The normalized spacial score (nSPS) is 17.8. The summed E-state index contributed by atoms with van der Waals surface area (Å²) in [5, 5.41) is 7.52. The minimum atomic E-state index is -0.0114. The Morgan fingerprint density at radius 2 is 2.14 bits per heavy atom. The van der Waals surface area contributed by atoms with Gasteiger partial charge in [-0.05, 0) is 30.7 Å². The smallest absolute Gasteiger partial charge is 0.258 e. The Hall–Kier alpha value is -1.96. The summed E-state index contributed by atoms with van der Waals surface area (Å²) in [6, 6.07) is 7.48. The Kier molecular flexibility index (Phi) is 7.20. The van der Waals surface area contributed by atoms with Gasteiger partial charge in [-0.3, -0.25) is 9.69 Å². The summed E-state index contributed by atoms with van der Waals surface area (Å²) in [5.41, 5.74) is 1.43. The fraction of sp³-hybridized carbons (Fsp3) is 0.550. The van der Waals surface area contributed by atoms with Crippen molar-refractivity contribution >= 4 is 18.3 Å². The topological polar surface area (TPSA) is 74.5 Å². The summed E-state index contributed by atoms with van der Waals surface area (Å²) < 4.78 is 5.49. The summed E-state index contributed by atoms with van der Waals surface area (Å²) in [5.74, 6) is 1.10. The Labute approximate surface area is 172 Å². The molecule has 1 aromatic carbocycles. The molecular weight excluding hydrogens is 378 g/mol. The number of piperazine rings is 1. The molecule has 0 radical (unpaired) electrons. The van der Waals surface area contributed by atoms with Crippen LogP contribution in [0, 0.1) is 5.41 Å². The van der Waals surface area contributed by atoms with Crippen molar-refractivity contribution in [3.05, 3.63) is 35.7 Å². The number of aromatic nitrogens is 2. The zero-order chi connectivity index (χ0) is 19.6.